The number of nitrogens with zero attached hydrogens (tertiary/aromatic N) is 2. The normalized spacial score (nSPS) is 21.4. The Morgan fingerprint density at radius 2 is 2.14 bits per heavy atom. The molecule has 1 aliphatic rings. The zero-order valence-corrected chi connectivity index (χ0v) is 13.9. The van der Waals surface area contributed by atoms with Gasteiger partial charge in [-0.1, -0.05) is 11.8 Å². The van der Waals surface area contributed by atoms with E-state index in [1.807, 2.05) is 20.8 Å². The minimum atomic E-state index is -2.98. The van der Waals surface area contributed by atoms with Gasteiger partial charge in [-0.2, -0.15) is 0 Å². The Kier molecular flexibility index (Phi) is 4.62. The summed E-state index contributed by atoms with van der Waals surface area (Å²) in [6.07, 6.45) is 0.513. The first-order chi connectivity index (χ1) is 9.65. The van der Waals surface area contributed by atoms with Crippen molar-refractivity contribution in [1.82, 2.24) is 15.5 Å². The Hall–Kier alpha value is -1.09. The number of thioether (sulfide) groups is 1. The van der Waals surface area contributed by atoms with Crippen molar-refractivity contribution in [2.45, 2.75) is 43.9 Å². The van der Waals surface area contributed by atoms with Crippen LogP contribution in [0, 0.1) is 0 Å². The molecular weight excluding hydrogens is 314 g/mol. The van der Waals surface area contributed by atoms with Gasteiger partial charge in [0.05, 0.1) is 23.2 Å². The van der Waals surface area contributed by atoms with Crippen LogP contribution in [0.3, 0.4) is 0 Å². The summed E-state index contributed by atoms with van der Waals surface area (Å²) in [6.45, 7) is 5.71. The summed E-state index contributed by atoms with van der Waals surface area (Å²) in [5.41, 5.74) is -0.282. The lowest BCUT2D eigenvalue weighted by Gasteiger charge is -2.19. The lowest BCUT2D eigenvalue weighted by atomic mass is 10.1. The largest absolute Gasteiger partial charge is 0.416 e. The summed E-state index contributed by atoms with van der Waals surface area (Å²) in [5.74, 6) is 0.410. The van der Waals surface area contributed by atoms with Crippen LogP contribution in [0.15, 0.2) is 9.64 Å². The van der Waals surface area contributed by atoms with Crippen LogP contribution in [0.1, 0.15) is 39.0 Å². The Bertz CT molecular complexity index is 619. The second-order valence-electron chi connectivity index (χ2n) is 6.09. The number of hydrogen-bond donors (Lipinski definition) is 1. The smallest absolute Gasteiger partial charge is 0.277 e. The van der Waals surface area contributed by atoms with Gasteiger partial charge in [0.1, 0.15) is 0 Å². The molecule has 118 valence electrons. The molecule has 0 aliphatic carbocycles. The maximum Gasteiger partial charge on any atom is 0.277 e. The number of nitrogens with one attached hydrogen (secondary N) is 1. The van der Waals surface area contributed by atoms with Crippen LogP contribution in [0.4, 0.5) is 0 Å². The molecule has 1 saturated heterocycles. The van der Waals surface area contributed by atoms with E-state index in [4.69, 9.17) is 4.42 Å². The number of rotatable bonds is 4. The first kappa shape index (κ1) is 16.3. The fourth-order valence-corrected chi connectivity index (χ4v) is 4.32. The molecule has 0 saturated carbocycles. The highest BCUT2D eigenvalue weighted by molar-refractivity contribution is 7.99. The van der Waals surface area contributed by atoms with Gasteiger partial charge in [-0.05, 0) is 27.2 Å². The van der Waals surface area contributed by atoms with Crippen molar-refractivity contribution in [2.24, 2.45) is 0 Å². The Balaban J connectivity index is 1.88. The molecular formula is C12H19N3O4S2. The quantitative estimate of drug-likeness (QED) is 0.819. The van der Waals surface area contributed by atoms with Gasteiger partial charge in [0.15, 0.2) is 9.84 Å². The molecule has 1 fully saturated rings. The fraction of sp³-hybridized carbons (Fsp3) is 0.750. The number of sulfone groups is 1. The summed E-state index contributed by atoms with van der Waals surface area (Å²) in [5, 5.41) is 10.9. The van der Waals surface area contributed by atoms with E-state index in [1.165, 1.54) is 0 Å². The third-order valence-electron chi connectivity index (χ3n) is 2.84. The summed E-state index contributed by atoms with van der Waals surface area (Å²) >= 11 is 1.15. The second kappa shape index (κ2) is 5.96. The van der Waals surface area contributed by atoms with Crippen molar-refractivity contribution < 1.29 is 17.6 Å². The molecule has 0 spiro atoms. The number of amides is 1. The molecule has 1 N–H and O–H groups in total. The summed E-state index contributed by atoms with van der Waals surface area (Å²) in [6, 6.07) is 0. The van der Waals surface area contributed by atoms with Crippen LogP contribution in [0.2, 0.25) is 0 Å². The van der Waals surface area contributed by atoms with Crippen molar-refractivity contribution in [2.75, 3.05) is 17.3 Å². The molecule has 0 bridgehead atoms. The highest BCUT2D eigenvalue weighted by Gasteiger charge is 2.32. The van der Waals surface area contributed by atoms with Gasteiger partial charge < -0.3 is 9.73 Å². The Morgan fingerprint density at radius 3 is 2.71 bits per heavy atom. The van der Waals surface area contributed by atoms with E-state index in [2.05, 4.69) is 15.5 Å². The van der Waals surface area contributed by atoms with E-state index in [0.29, 0.717) is 17.5 Å². The van der Waals surface area contributed by atoms with Gasteiger partial charge in [0.2, 0.25) is 11.8 Å². The highest BCUT2D eigenvalue weighted by Crippen LogP contribution is 2.29. The van der Waals surface area contributed by atoms with Gasteiger partial charge >= 0.3 is 0 Å². The molecule has 1 amide bonds. The van der Waals surface area contributed by atoms with Crippen LogP contribution in [0.25, 0.3) is 0 Å². The second-order valence-corrected chi connectivity index (χ2v) is 9.25. The fourth-order valence-electron chi connectivity index (χ4n) is 2.02. The standard InChI is InChI=1S/C12H19N3O4S2/c1-12(2,3)13-9(16)6-20-11-15-14-10(19-11)8-4-5-21(17,18)7-8/h8H,4-7H2,1-3H3,(H,13,16). The number of carbonyl (C=O) groups excluding carboxylic acids is 1. The summed E-state index contributed by atoms with van der Waals surface area (Å²) in [4.78, 5) is 11.7. The molecule has 1 aliphatic heterocycles. The Morgan fingerprint density at radius 1 is 1.43 bits per heavy atom. The monoisotopic (exact) mass is 333 g/mol. The van der Waals surface area contributed by atoms with E-state index in [-0.39, 0.29) is 34.6 Å². The molecule has 1 aromatic heterocycles. The maximum atomic E-state index is 11.7. The van der Waals surface area contributed by atoms with E-state index in [1.54, 1.807) is 0 Å². The first-order valence-corrected chi connectivity index (χ1v) is 9.43. The van der Waals surface area contributed by atoms with Crippen molar-refractivity contribution in [3.8, 4) is 0 Å². The topological polar surface area (TPSA) is 102 Å². The average molecular weight is 333 g/mol. The number of hydrogen-bond acceptors (Lipinski definition) is 7. The summed E-state index contributed by atoms with van der Waals surface area (Å²) < 4.78 is 28.3. The minimum Gasteiger partial charge on any atom is -0.416 e. The zero-order chi connectivity index (χ0) is 15.7. The lowest BCUT2D eigenvalue weighted by Crippen LogP contribution is -2.41. The van der Waals surface area contributed by atoms with E-state index in [0.717, 1.165) is 11.8 Å². The molecule has 21 heavy (non-hydrogen) atoms. The molecule has 1 atom stereocenters. The molecule has 2 heterocycles. The van der Waals surface area contributed by atoms with Crippen molar-refractivity contribution in [1.29, 1.82) is 0 Å². The van der Waals surface area contributed by atoms with Crippen molar-refractivity contribution >= 4 is 27.5 Å². The van der Waals surface area contributed by atoms with E-state index in [9.17, 15) is 13.2 Å². The van der Waals surface area contributed by atoms with Crippen LogP contribution < -0.4 is 5.32 Å². The predicted octanol–water partition coefficient (Wildman–Crippen LogP) is 0.979. The zero-order valence-electron chi connectivity index (χ0n) is 12.2. The van der Waals surface area contributed by atoms with Crippen molar-refractivity contribution in [3.63, 3.8) is 0 Å². The van der Waals surface area contributed by atoms with Crippen LogP contribution in [-0.2, 0) is 14.6 Å². The van der Waals surface area contributed by atoms with E-state index < -0.39 is 9.84 Å². The van der Waals surface area contributed by atoms with Gasteiger partial charge in [0, 0.05) is 5.54 Å². The first-order valence-electron chi connectivity index (χ1n) is 6.62. The SMILES string of the molecule is CC(C)(C)NC(=O)CSc1nnc(C2CCS(=O)(=O)C2)o1. The molecule has 0 aromatic carbocycles. The molecule has 1 unspecified atom stereocenters. The van der Waals surface area contributed by atoms with Crippen LogP contribution in [0.5, 0.6) is 0 Å². The molecule has 2 rings (SSSR count). The average Bonchev–Trinajstić information content (AvgIpc) is 2.90. The molecule has 9 heteroatoms. The lowest BCUT2D eigenvalue weighted by molar-refractivity contribution is -0.119. The summed E-state index contributed by atoms with van der Waals surface area (Å²) in [7, 11) is -2.98. The third kappa shape index (κ3) is 4.99. The number of aromatic nitrogens is 2. The van der Waals surface area contributed by atoms with Gasteiger partial charge in [0.25, 0.3) is 5.22 Å². The van der Waals surface area contributed by atoms with Gasteiger partial charge in [-0.25, -0.2) is 8.42 Å². The highest BCUT2D eigenvalue weighted by atomic mass is 32.2. The van der Waals surface area contributed by atoms with E-state index >= 15 is 0 Å². The molecule has 1 aromatic rings. The minimum absolute atomic E-state index is 0.0593. The molecule has 0 radical (unpaired) electrons. The Labute approximate surface area is 128 Å². The van der Waals surface area contributed by atoms with Gasteiger partial charge in [-0.3, -0.25) is 4.79 Å². The van der Waals surface area contributed by atoms with Crippen LogP contribution >= 0.6 is 11.8 Å². The third-order valence-corrected chi connectivity index (χ3v) is 5.43. The maximum absolute atomic E-state index is 11.7. The van der Waals surface area contributed by atoms with Gasteiger partial charge in [-0.15, -0.1) is 10.2 Å². The number of carbonyl (C=O) groups is 1. The molecule has 7 nitrogen and oxygen atoms in total. The van der Waals surface area contributed by atoms with Crippen molar-refractivity contribution in [3.05, 3.63) is 5.89 Å². The van der Waals surface area contributed by atoms with Crippen LogP contribution in [-0.4, -0.2) is 47.3 Å². The predicted molar refractivity (Wildman–Crippen MR) is 78.9 cm³/mol.